The third-order valence-corrected chi connectivity index (χ3v) is 4.19. The van der Waals surface area contributed by atoms with Crippen LogP contribution in [0, 0.1) is 0 Å². The molecule has 0 aliphatic rings. The maximum atomic E-state index is 12.5. The molecule has 0 saturated heterocycles. The topological polar surface area (TPSA) is 34.9 Å². The molecular weight excluding hydrogens is 340 g/mol. The quantitative estimate of drug-likeness (QED) is 0.689. The zero-order chi connectivity index (χ0) is 15.7. The molecule has 0 amide bonds. The van der Waals surface area contributed by atoms with Crippen LogP contribution in [0.15, 0.2) is 57.8 Å². The van der Waals surface area contributed by atoms with Gasteiger partial charge in [-0.25, -0.2) is 4.98 Å². The Morgan fingerprint density at radius 2 is 1.82 bits per heavy atom. The van der Waals surface area contributed by atoms with E-state index in [0.717, 1.165) is 26.6 Å². The third-order valence-electron chi connectivity index (χ3n) is 3.66. The lowest BCUT2D eigenvalue weighted by molar-refractivity contribution is 0.886. The van der Waals surface area contributed by atoms with Crippen molar-refractivity contribution in [1.82, 2.24) is 9.55 Å². The number of hydrogen-bond donors (Lipinski definition) is 0. The number of aromatic nitrogens is 2. The number of benzene rings is 2. The monoisotopic (exact) mass is 354 g/mol. The summed E-state index contributed by atoms with van der Waals surface area (Å²) < 4.78 is 2.67. The molecule has 3 aromatic rings. The number of allylic oxidation sites excluding steroid dienone is 1. The van der Waals surface area contributed by atoms with Gasteiger partial charge in [0.15, 0.2) is 0 Å². The summed E-state index contributed by atoms with van der Waals surface area (Å²) in [6, 6.07) is 15.7. The Morgan fingerprint density at radius 3 is 2.55 bits per heavy atom. The maximum Gasteiger partial charge on any atom is 0.276 e. The standard InChI is InChI=1S/C18H15BrN2O/c1-12(13-7-9-14(19)10-8-13)11-16-18(22)21(2)17-6-4-3-5-15(17)20-16/h3-11H,1-2H3/b12-11-. The molecule has 1 aromatic heterocycles. The summed E-state index contributed by atoms with van der Waals surface area (Å²) >= 11 is 3.42. The lowest BCUT2D eigenvalue weighted by Crippen LogP contribution is -2.21. The van der Waals surface area contributed by atoms with E-state index in [1.54, 1.807) is 11.6 Å². The molecule has 0 radical (unpaired) electrons. The van der Waals surface area contributed by atoms with Crippen LogP contribution in [-0.2, 0) is 7.05 Å². The van der Waals surface area contributed by atoms with E-state index in [-0.39, 0.29) is 5.56 Å². The van der Waals surface area contributed by atoms with Gasteiger partial charge in [0.1, 0.15) is 5.69 Å². The van der Waals surface area contributed by atoms with Crippen LogP contribution < -0.4 is 5.56 Å². The third kappa shape index (κ3) is 2.74. The van der Waals surface area contributed by atoms with Gasteiger partial charge in [-0.15, -0.1) is 0 Å². The summed E-state index contributed by atoms with van der Waals surface area (Å²) in [5.74, 6) is 0. The SMILES string of the molecule is C/C(=C/c1nc2ccccc2n(C)c1=O)c1ccc(Br)cc1. The second kappa shape index (κ2) is 5.89. The summed E-state index contributed by atoms with van der Waals surface area (Å²) in [4.78, 5) is 17.0. The van der Waals surface area contributed by atoms with Gasteiger partial charge in [-0.05, 0) is 48.4 Å². The Labute approximate surface area is 137 Å². The van der Waals surface area contributed by atoms with Crippen LogP contribution in [0.3, 0.4) is 0 Å². The number of nitrogens with zero attached hydrogens (tertiary/aromatic N) is 2. The molecule has 0 saturated carbocycles. The lowest BCUT2D eigenvalue weighted by atomic mass is 10.1. The average molecular weight is 355 g/mol. The summed E-state index contributed by atoms with van der Waals surface area (Å²) in [6.45, 7) is 1.99. The highest BCUT2D eigenvalue weighted by Crippen LogP contribution is 2.19. The first-order valence-corrected chi connectivity index (χ1v) is 7.75. The van der Waals surface area contributed by atoms with E-state index in [1.165, 1.54) is 0 Å². The van der Waals surface area contributed by atoms with E-state index in [0.29, 0.717) is 5.69 Å². The first-order chi connectivity index (χ1) is 10.6. The fourth-order valence-electron chi connectivity index (χ4n) is 2.40. The van der Waals surface area contributed by atoms with Crippen LogP contribution in [0.1, 0.15) is 18.2 Å². The van der Waals surface area contributed by atoms with Gasteiger partial charge in [0, 0.05) is 11.5 Å². The molecule has 22 heavy (non-hydrogen) atoms. The molecule has 3 rings (SSSR count). The zero-order valence-corrected chi connectivity index (χ0v) is 14.0. The number of para-hydroxylation sites is 2. The molecule has 0 atom stereocenters. The van der Waals surface area contributed by atoms with Crippen molar-refractivity contribution in [2.24, 2.45) is 7.05 Å². The number of halogens is 1. The Hall–Kier alpha value is -2.20. The second-order valence-corrected chi connectivity index (χ2v) is 6.10. The summed E-state index contributed by atoms with van der Waals surface area (Å²) in [6.07, 6.45) is 1.85. The largest absolute Gasteiger partial charge is 0.308 e. The lowest BCUT2D eigenvalue weighted by Gasteiger charge is -2.07. The first-order valence-electron chi connectivity index (χ1n) is 6.96. The first kappa shape index (κ1) is 14.7. The number of hydrogen-bond acceptors (Lipinski definition) is 2. The minimum absolute atomic E-state index is 0.0878. The number of rotatable bonds is 2. The highest BCUT2D eigenvalue weighted by atomic mass is 79.9. The molecule has 1 heterocycles. The minimum Gasteiger partial charge on any atom is -0.308 e. The Bertz CT molecular complexity index is 924. The number of fused-ring (bicyclic) bond motifs is 1. The summed E-state index contributed by atoms with van der Waals surface area (Å²) in [5, 5.41) is 0. The highest BCUT2D eigenvalue weighted by molar-refractivity contribution is 9.10. The molecule has 0 N–H and O–H groups in total. The Balaban J connectivity index is 2.14. The van der Waals surface area contributed by atoms with Crippen LogP contribution >= 0.6 is 15.9 Å². The van der Waals surface area contributed by atoms with Crippen LogP contribution in [0.25, 0.3) is 22.7 Å². The van der Waals surface area contributed by atoms with Crippen LogP contribution in [0.2, 0.25) is 0 Å². The fraction of sp³-hybridized carbons (Fsp3) is 0.111. The fourth-order valence-corrected chi connectivity index (χ4v) is 2.66. The van der Waals surface area contributed by atoms with Gasteiger partial charge < -0.3 is 4.57 Å². The number of aryl methyl sites for hydroxylation is 1. The average Bonchev–Trinajstić information content (AvgIpc) is 2.53. The van der Waals surface area contributed by atoms with E-state index < -0.39 is 0 Å². The van der Waals surface area contributed by atoms with Crippen molar-refractivity contribution in [3.8, 4) is 0 Å². The molecule has 4 heteroatoms. The van der Waals surface area contributed by atoms with Gasteiger partial charge in [-0.2, -0.15) is 0 Å². The maximum absolute atomic E-state index is 12.5. The normalized spacial score (nSPS) is 11.9. The minimum atomic E-state index is -0.0878. The van der Waals surface area contributed by atoms with Gasteiger partial charge in [-0.3, -0.25) is 4.79 Å². The van der Waals surface area contributed by atoms with E-state index in [4.69, 9.17) is 0 Å². The van der Waals surface area contributed by atoms with E-state index in [9.17, 15) is 4.79 Å². The van der Waals surface area contributed by atoms with Crippen LogP contribution in [0.5, 0.6) is 0 Å². The molecule has 0 aliphatic heterocycles. The van der Waals surface area contributed by atoms with Crippen molar-refractivity contribution < 1.29 is 0 Å². The van der Waals surface area contributed by atoms with Crippen LogP contribution in [0.4, 0.5) is 0 Å². The smallest absolute Gasteiger partial charge is 0.276 e. The molecule has 3 nitrogen and oxygen atoms in total. The van der Waals surface area contributed by atoms with Crippen molar-refractivity contribution in [3.05, 3.63) is 74.6 Å². The molecule has 0 fully saturated rings. The van der Waals surface area contributed by atoms with Crippen molar-refractivity contribution in [2.45, 2.75) is 6.92 Å². The van der Waals surface area contributed by atoms with Crippen molar-refractivity contribution in [1.29, 1.82) is 0 Å². The summed E-state index contributed by atoms with van der Waals surface area (Å²) in [7, 11) is 1.78. The van der Waals surface area contributed by atoms with Crippen molar-refractivity contribution in [3.63, 3.8) is 0 Å². The molecule has 2 aromatic carbocycles. The summed E-state index contributed by atoms with van der Waals surface area (Å²) in [5.41, 5.74) is 4.11. The predicted octanol–water partition coefficient (Wildman–Crippen LogP) is 4.26. The molecule has 0 unspecified atom stereocenters. The van der Waals surface area contributed by atoms with Gasteiger partial charge in [-0.1, -0.05) is 40.2 Å². The Kier molecular flexibility index (Phi) is 3.94. The molecule has 0 bridgehead atoms. The van der Waals surface area contributed by atoms with Gasteiger partial charge >= 0.3 is 0 Å². The Morgan fingerprint density at radius 1 is 1.14 bits per heavy atom. The van der Waals surface area contributed by atoms with E-state index in [1.807, 2.05) is 61.5 Å². The van der Waals surface area contributed by atoms with E-state index in [2.05, 4.69) is 20.9 Å². The van der Waals surface area contributed by atoms with Crippen molar-refractivity contribution >= 4 is 38.6 Å². The van der Waals surface area contributed by atoms with E-state index >= 15 is 0 Å². The van der Waals surface area contributed by atoms with Gasteiger partial charge in [0.2, 0.25) is 0 Å². The van der Waals surface area contributed by atoms with Gasteiger partial charge in [0.25, 0.3) is 5.56 Å². The van der Waals surface area contributed by atoms with Crippen molar-refractivity contribution in [2.75, 3.05) is 0 Å². The molecule has 110 valence electrons. The zero-order valence-electron chi connectivity index (χ0n) is 12.4. The van der Waals surface area contributed by atoms with Crippen LogP contribution in [-0.4, -0.2) is 9.55 Å². The second-order valence-electron chi connectivity index (χ2n) is 5.18. The predicted molar refractivity (Wildman–Crippen MR) is 94.7 cm³/mol. The highest BCUT2D eigenvalue weighted by Gasteiger charge is 2.07. The molecular formula is C18H15BrN2O. The van der Waals surface area contributed by atoms with Gasteiger partial charge in [0.05, 0.1) is 11.0 Å². The molecule has 0 spiro atoms. The molecule has 0 aliphatic carbocycles.